The van der Waals surface area contributed by atoms with Crippen molar-refractivity contribution < 1.29 is 14.7 Å². The molecule has 5 heteroatoms. The quantitative estimate of drug-likeness (QED) is 0.916. The summed E-state index contributed by atoms with van der Waals surface area (Å²) < 4.78 is 0. The summed E-state index contributed by atoms with van der Waals surface area (Å²) in [5, 5.41) is 9.12. The molecule has 0 unspecified atom stereocenters. The first-order valence-electron chi connectivity index (χ1n) is 6.17. The standard InChI is InChI=1S/C14H17NO3S/c1-9(19-2)13(16)15-8-11-6-4-3-5-10(11)7-12(15)14(17)18/h3-6,9,12H,7-8H2,1-2H3,(H,17,18)/t9-,12+/m1/s1. The minimum atomic E-state index is -0.934. The van der Waals surface area contributed by atoms with Crippen LogP contribution < -0.4 is 0 Å². The fourth-order valence-corrected chi connectivity index (χ4v) is 2.65. The van der Waals surface area contributed by atoms with Gasteiger partial charge in [0.15, 0.2) is 0 Å². The van der Waals surface area contributed by atoms with E-state index < -0.39 is 12.0 Å². The number of hydrogen-bond donors (Lipinski definition) is 1. The molecule has 1 aromatic rings. The van der Waals surface area contributed by atoms with Crippen LogP contribution in [-0.2, 0) is 22.6 Å². The Labute approximate surface area is 116 Å². The summed E-state index contributed by atoms with van der Waals surface area (Å²) in [7, 11) is 0. The summed E-state index contributed by atoms with van der Waals surface area (Å²) in [6.07, 6.45) is 2.24. The molecule has 0 aromatic heterocycles. The third-order valence-electron chi connectivity index (χ3n) is 3.52. The number of amides is 1. The predicted molar refractivity (Wildman–Crippen MR) is 75.1 cm³/mol. The van der Waals surface area contributed by atoms with Crippen molar-refractivity contribution in [3.63, 3.8) is 0 Å². The van der Waals surface area contributed by atoms with Gasteiger partial charge in [0, 0.05) is 13.0 Å². The van der Waals surface area contributed by atoms with Gasteiger partial charge in [-0.05, 0) is 24.3 Å². The molecule has 0 spiro atoms. The predicted octanol–water partition coefficient (Wildman–Crippen LogP) is 1.78. The van der Waals surface area contributed by atoms with Gasteiger partial charge in [0.05, 0.1) is 5.25 Å². The maximum absolute atomic E-state index is 12.3. The molecule has 0 fully saturated rings. The lowest BCUT2D eigenvalue weighted by Gasteiger charge is -2.35. The van der Waals surface area contributed by atoms with E-state index in [0.29, 0.717) is 13.0 Å². The molecule has 1 heterocycles. The molecule has 0 bridgehead atoms. The van der Waals surface area contributed by atoms with Gasteiger partial charge < -0.3 is 10.0 Å². The zero-order chi connectivity index (χ0) is 14.0. The van der Waals surface area contributed by atoms with Crippen molar-refractivity contribution >= 4 is 23.6 Å². The number of thioether (sulfide) groups is 1. The number of carboxylic acid groups (broad SMARTS) is 1. The second-order valence-electron chi connectivity index (χ2n) is 4.67. The highest BCUT2D eigenvalue weighted by Crippen LogP contribution is 2.25. The maximum atomic E-state index is 12.3. The van der Waals surface area contributed by atoms with Crippen LogP contribution in [0.25, 0.3) is 0 Å². The Morgan fingerprint density at radius 1 is 1.37 bits per heavy atom. The normalized spacial score (nSPS) is 19.7. The van der Waals surface area contributed by atoms with E-state index in [1.807, 2.05) is 37.4 Å². The molecular weight excluding hydrogens is 262 g/mol. The zero-order valence-corrected chi connectivity index (χ0v) is 11.8. The van der Waals surface area contributed by atoms with Crippen LogP contribution >= 0.6 is 11.8 Å². The number of fused-ring (bicyclic) bond motifs is 1. The highest BCUT2D eigenvalue weighted by Gasteiger charge is 2.35. The van der Waals surface area contributed by atoms with Crippen molar-refractivity contribution in [1.29, 1.82) is 0 Å². The van der Waals surface area contributed by atoms with Gasteiger partial charge in [-0.2, -0.15) is 11.8 Å². The fourth-order valence-electron chi connectivity index (χ4n) is 2.31. The Bertz CT molecular complexity index is 503. The van der Waals surface area contributed by atoms with Gasteiger partial charge in [-0.1, -0.05) is 24.3 Å². The van der Waals surface area contributed by atoms with Gasteiger partial charge in [-0.25, -0.2) is 4.79 Å². The first-order valence-corrected chi connectivity index (χ1v) is 7.46. The minimum absolute atomic E-state index is 0.102. The van der Waals surface area contributed by atoms with Crippen molar-refractivity contribution in [1.82, 2.24) is 4.90 Å². The summed E-state index contributed by atoms with van der Waals surface area (Å²) in [5.41, 5.74) is 2.07. The summed E-state index contributed by atoms with van der Waals surface area (Å²) >= 11 is 1.44. The third kappa shape index (κ3) is 2.76. The van der Waals surface area contributed by atoms with Gasteiger partial charge >= 0.3 is 5.97 Å². The van der Waals surface area contributed by atoms with E-state index in [1.165, 1.54) is 16.7 Å². The molecule has 1 aromatic carbocycles. The van der Waals surface area contributed by atoms with Crippen molar-refractivity contribution in [2.75, 3.05) is 6.26 Å². The van der Waals surface area contributed by atoms with Gasteiger partial charge in [0.25, 0.3) is 0 Å². The van der Waals surface area contributed by atoms with E-state index in [9.17, 15) is 14.7 Å². The lowest BCUT2D eigenvalue weighted by Crippen LogP contribution is -2.50. The topological polar surface area (TPSA) is 57.6 Å². The van der Waals surface area contributed by atoms with E-state index in [0.717, 1.165) is 11.1 Å². The Hall–Kier alpha value is -1.49. The van der Waals surface area contributed by atoms with Crippen molar-refractivity contribution in [3.05, 3.63) is 35.4 Å². The second kappa shape index (κ2) is 5.65. The van der Waals surface area contributed by atoms with Gasteiger partial charge in [-0.15, -0.1) is 0 Å². The van der Waals surface area contributed by atoms with Crippen molar-refractivity contribution in [2.45, 2.75) is 31.2 Å². The summed E-state index contributed by atoms with van der Waals surface area (Å²) in [6.45, 7) is 2.20. The van der Waals surface area contributed by atoms with Crippen LogP contribution in [0.15, 0.2) is 24.3 Å². The summed E-state index contributed by atoms with van der Waals surface area (Å²) in [6, 6.07) is 6.96. The molecule has 102 valence electrons. The lowest BCUT2D eigenvalue weighted by molar-refractivity contribution is -0.151. The van der Waals surface area contributed by atoms with Crippen molar-refractivity contribution in [3.8, 4) is 0 Å². The monoisotopic (exact) mass is 279 g/mol. The highest BCUT2D eigenvalue weighted by molar-refractivity contribution is 7.99. The molecule has 19 heavy (non-hydrogen) atoms. The molecule has 1 N–H and O–H groups in total. The molecule has 2 rings (SSSR count). The average molecular weight is 279 g/mol. The first-order chi connectivity index (χ1) is 9.04. The van der Waals surface area contributed by atoms with E-state index in [4.69, 9.17) is 0 Å². The Balaban J connectivity index is 2.31. The number of nitrogens with zero attached hydrogens (tertiary/aromatic N) is 1. The lowest BCUT2D eigenvalue weighted by atomic mass is 9.94. The van der Waals surface area contributed by atoms with E-state index in [-0.39, 0.29) is 11.2 Å². The van der Waals surface area contributed by atoms with Gasteiger partial charge in [-0.3, -0.25) is 4.79 Å². The minimum Gasteiger partial charge on any atom is -0.480 e. The van der Waals surface area contributed by atoms with E-state index >= 15 is 0 Å². The molecule has 0 saturated carbocycles. The SMILES string of the molecule is CS[C@H](C)C(=O)N1Cc2ccccc2C[C@H]1C(=O)O. The first kappa shape index (κ1) is 13.9. The van der Waals surface area contributed by atoms with E-state index in [2.05, 4.69) is 0 Å². The van der Waals surface area contributed by atoms with Gasteiger partial charge in [0.1, 0.15) is 6.04 Å². The maximum Gasteiger partial charge on any atom is 0.326 e. The van der Waals surface area contributed by atoms with Crippen LogP contribution in [0.2, 0.25) is 0 Å². The van der Waals surface area contributed by atoms with E-state index in [1.54, 1.807) is 0 Å². The van der Waals surface area contributed by atoms with Crippen LogP contribution in [0.3, 0.4) is 0 Å². The fraction of sp³-hybridized carbons (Fsp3) is 0.429. The third-order valence-corrected chi connectivity index (χ3v) is 4.43. The second-order valence-corrected chi connectivity index (χ2v) is 5.85. The molecule has 4 nitrogen and oxygen atoms in total. The average Bonchev–Trinajstić information content (AvgIpc) is 2.44. The molecule has 2 atom stereocenters. The Morgan fingerprint density at radius 2 is 2.00 bits per heavy atom. The summed E-state index contributed by atoms with van der Waals surface area (Å²) in [4.78, 5) is 25.2. The number of hydrogen-bond acceptors (Lipinski definition) is 3. The number of carboxylic acids is 1. The molecule has 0 radical (unpaired) electrons. The Morgan fingerprint density at radius 3 is 2.58 bits per heavy atom. The number of aliphatic carboxylic acids is 1. The largest absolute Gasteiger partial charge is 0.480 e. The molecule has 0 aliphatic carbocycles. The number of carbonyl (C=O) groups is 2. The molecule has 1 aliphatic heterocycles. The van der Waals surface area contributed by atoms with Gasteiger partial charge in [0.2, 0.25) is 5.91 Å². The highest BCUT2D eigenvalue weighted by atomic mass is 32.2. The number of rotatable bonds is 3. The molecule has 0 saturated heterocycles. The Kier molecular flexibility index (Phi) is 4.14. The number of benzene rings is 1. The van der Waals surface area contributed by atoms with Crippen LogP contribution in [0.5, 0.6) is 0 Å². The van der Waals surface area contributed by atoms with Crippen LogP contribution in [0.4, 0.5) is 0 Å². The number of carbonyl (C=O) groups excluding carboxylic acids is 1. The van der Waals surface area contributed by atoms with Crippen LogP contribution in [0, 0.1) is 0 Å². The molecule has 1 amide bonds. The van der Waals surface area contributed by atoms with Crippen molar-refractivity contribution in [2.24, 2.45) is 0 Å². The molecule has 1 aliphatic rings. The summed E-state index contributed by atoms with van der Waals surface area (Å²) in [5.74, 6) is -1.04. The van der Waals surface area contributed by atoms with Crippen LogP contribution in [0.1, 0.15) is 18.1 Å². The smallest absolute Gasteiger partial charge is 0.326 e. The zero-order valence-electron chi connectivity index (χ0n) is 11.0. The molecular formula is C14H17NO3S. The van der Waals surface area contributed by atoms with Crippen LogP contribution in [-0.4, -0.2) is 39.4 Å².